The third-order valence-corrected chi connectivity index (χ3v) is 2.78. The van der Waals surface area contributed by atoms with Gasteiger partial charge >= 0.3 is 0 Å². The topological polar surface area (TPSA) is 0 Å². The molecule has 11 heavy (non-hydrogen) atoms. The van der Waals surface area contributed by atoms with E-state index in [2.05, 4.69) is 52.0 Å². The van der Waals surface area contributed by atoms with Gasteiger partial charge in [-0.1, -0.05) is 49.3 Å². The molecular formula is C11H16. The molecule has 0 heterocycles. The zero-order valence-corrected chi connectivity index (χ0v) is 7.81. The Labute approximate surface area is 69.3 Å². The lowest BCUT2D eigenvalue weighted by molar-refractivity contribution is 0.539. The largest absolute Gasteiger partial charge is 0.0636 e. The summed E-state index contributed by atoms with van der Waals surface area (Å²) >= 11 is 0. The lowest BCUT2D eigenvalue weighted by atomic mass is 9.79. The number of rotatable bonds is 0. The molecular weight excluding hydrogens is 132 g/mol. The van der Waals surface area contributed by atoms with Crippen LogP contribution in [0.15, 0.2) is 35.5 Å². The molecule has 0 bridgehead atoms. The summed E-state index contributed by atoms with van der Waals surface area (Å²) in [7, 11) is 0. The van der Waals surface area contributed by atoms with Crippen molar-refractivity contribution in [3.05, 3.63) is 35.5 Å². The third-order valence-electron chi connectivity index (χ3n) is 2.78. The standard InChI is InChI=1S/C11H16/c1-9-7-5-6-8-10(2)11(9,3)4/h5-8H,1-4H3. The van der Waals surface area contributed by atoms with Crippen molar-refractivity contribution in [2.45, 2.75) is 27.7 Å². The normalized spacial score (nSPS) is 22.2. The van der Waals surface area contributed by atoms with Crippen LogP contribution >= 0.6 is 0 Å². The lowest BCUT2D eigenvalue weighted by Crippen LogP contribution is -2.13. The summed E-state index contributed by atoms with van der Waals surface area (Å²) in [6.45, 7) is 8.90. The molecule has 0 aromatic heterocycles. The average Bonchev–Trinajstić information content (AvgIpc) is 2.03. The second-order valence-electron chi connectivity index (χ2n) is 3.71. The molecule has 1 rings (SSSR count). The van der Waals surface area contributed by atoms with Gasteiger partial charge in [0.15, 0.2) is 0 Å². The molecule has 0 saturated carbocycles. The minimum atomic E-state index is 0.240. The van der Waals surface area contributed by atoms with E-state index in [1.165, 1.54) is 11.1 Å². The number of hydrogen-bond donors (Lipinski definition) is 0. The molecule has 1 aliphatic rings. The Morgan fingerprint density at radius 1 is 0.909 bits per heavy atom. The van der Waals surface area contributed by atoms with Crippen molar-refractivity contribution in [3.8, 4) is 0 Å². The van der Waals surface area contributed by atoms with Crippen molar-refractivity contribution < 1.29 is 0 Å². The van der Waals surface area contributed by atoms with Crippen molar-refractivity contribution in [2.24, 2.45) is 5.41 Å². The predicted molar refractivity (Wildman–Crippen MR) is 50.4 cm³/mol. The summed E-state index contributed by atoms with van der Waals surface area (Å²) in [5.41, 5.74) is 3.10. The summed E-state index contributed by atoms with van der Waals surface area (Å²) in [6, 6.07) is 0. The van der Waals surface area contributed by atoms with E-state index < -0.39 is 0 Å². The average molecular weight is 148 g/mol. The second-order valence-corrected chi connectivity index (χ2v) is 3.71. The van der Waals surface area contributed by atoms with Crippen molar-refractivity contribution in [1.29, 1.82) is 0 Å². The van der Waals surface area contributed by atoms with Crippen molar-refractivity contribution in [2.75, 3.05) is 0 Å². The molecule has 0 radical (unpaired) electrons. The lowest BCUT2D eigenvalue weighted by Gasteiger charge is -2.26. The van der Waals surface area contributed by atoms with Crippen LogP contribution in [0, 0.1) is 5.41 Å². The Balaban J connectivity index is 3.11. The van der Waals surface area contributed by atoms with Gasteiger partial charge < -0.3 is 0 Å². The first-order valence-electron chi connectivity index (χ1n) is 4.08. The highest BCUT2D eigenvalue weighted by Gasteiger charge is 2.21. The molecule has 0 amide bonds. The van der Waals surface area contributed by atoms with Crippen LogP contribution in [0.4, 0.5) is 0 Å². The molecule has 0 nitrogen and oxygen atoms in total. The van der Waals surface area contributed by atoms with Crippen LogP contribution in [0.25, 0.3) is 0 Å². The first kappa shape index (κ1) is 8.32. The van der Waals surface area contributed by atoms with Crippen LogP contribution in [0.1, 0.15) is 27.7 Å². The van der Waals surface area contributed by atoms with E-state index in [-0.39, 0.29) is 5.41 Å². The Morgan fingerprint density at radius 3 is 1.64 bits per heavy atom. The Bertz CT molecular complexity index is 213. The monoisotopic (exact) mass is 148 g/mol. The van der Waals surface area contributed by atoms with Gasteiger partial charge in [-0.05, 0) is 13.8 Å². The third kappa shape index (κ3) is 1.45. The molecule has 0 N–H and O–H groups in total. The number of hydrogen-bond acceptors (Lipinski definition) is 0. The summed E-state index contributed by atoms with van der Waals surface area (Å²) < 4.78 is 0. The maximum atomic E-state index is 2.26. The van der Waals surface area contributed by atoms with Crippen molar-refractivity contribution >= 4 is 0 Å². The molecule has 0 spiro atoms. The molecule has 0 aliphatic heterocycles. The Kier molecular flexibility index (Phi) is 2.03. The van der Waals surface area contributed by atoms with Crippen LogP contribution in [0.3, 0.4) is 0 Å². The van der Waals surface area contributed by atoms with E-state index in [4.69, 9.17) is 0 Å². The van der Waals surface area contributed by atoms with Gasteiger partial charge in [0.1, 0.15) is 0 Å². The van der Waals surface area contributed by atoms with E-state index in [9.17, 15) is 0 Å². The molecule has 1 aliphatic carbocycles. The molecule has 0 fully saturated rings. The highest BCUT2D eigenvalue weighted by Crippen LogP contribution is 2.35. The smallest absolute Gasteiger partial charge is 0.00647 e. The SMILES string of the molecule is CC1=CC=CC=C(C)C1(C)C. The summed E-state index contributed by atoms with van der Waals surface area (Å²) in [5, 5.41) is 0. The molecule has 0 unspecified atom stereocenters. The molecule has 0 aromatic carbocycles. The zero-order valence-electron chi connectivity index (χ0n) is 7.81. The fourth-order valence-electron chi connectivity index (χ4n) is 1.13. The summed E-state index contributed by atoms with van der Waals surface area (Å²) in [6.07, 6.45) is 8.58. The van der Waals surface area contributed by atoms with E-state index in [1.807, 2.05) is 0 Å². The quantitative estimate of drug-likeness (QED) is 0.493. The van der Waals surface area contributed by atoms with Gasteiger partial charge in [0.25, 0.3) is 0 Å². The summed E-state index contributed by atoms with van der Waals surface area (Å²) in [5.74, 6) is 0. The van der Waals surface area contributed by atoms with E-state index in [0.29, 0.717) is 0 Å². The van der Waals surface area contributed by atoms with E-state index >= 15 is 0 Å². The van der Waals surface area contributed by atoms with Crippen LogP contribution < -0.4 is 0 Å². The molecule has 60 valence electrons. The summed E-state index contributed by atoms with van der Waals surface area (Å²) in [4.78, 5) is 0. The predicted octanol–water partition coefficient (Wildman–Crippen LogP) is 3.48. The van der Waals surface area contributed by atoms with Crippen LogP contribution in [-0.4, -0.2) is 0 Å². The van der Waals surface area contributed by atoms with Crippen molar-refractivity contribution in [1.82, 2.24) is 0 Å². The van der Waals surface area contributed by atoms with Gasteiger partial charge in [-0.3, -0.25) is 0 Å². The Morgan fingerprint density at radius 2 is 1.27 bits per heavy atom. The minimum Gasteiger partial charge on any atom is -0.0636 e. The van der Waals surface area contributed by atoms with Gasteiger partial charge in [0.05, 0.1) is 0 Å². The molecule has 0 saturated heterocycles. The van der Waals surface area contributed by atoms with Crippen molar-refractivity contribution in [3.63, 3.8) is 0 Å². The zero-order chi connectivity index (χ0) is 8.48. The fourth-order valence-corrected chi connectivity index (χ4v) is 1.13. The Hall–Kier alpha value is -0.780. The van der Waals surface area contributed by atoms with Gasteiger partial charge in [-0.15, -0.1) is 0 Å². The first-order valence-corrected chi connectivity index (χ1v) is 4.08. The second kappa shape index (κ2) is 2.69. The molecule has 0 atom stereocenters. The van der Waals surface area contributed by atoms with Gasteiger partial charge in [0, 0.05) is 5.41 Å². The van der Waals surface area contributed by atoms with E-state index in [1.54, 1.807) is 0 Å². The van der Waals surface area contributed by atoms with Crippen LogP contribution in [0.5, 0.6) is 0 Å². The first-order chi connectivity index (χ1) is 5.05. The highest BCUT2D eigenvalue weighted by atomic mass is 14.3. The van der Waals surface area contributed by atoms with Crippen LogP contribution in [0.2, 0.25) is 0 Å². The van der Waals surface area contributed by atoms with Gasteiger partial charge in [0.2, 0.25) is 0 Å². The molecule has 0 aromatic rings. The number of allylic oxidation sites excluding steroid dienone is 6. The highest BCUT2D eigenvalue weighted by molar-refractivity contribution is 5.33. The fraction of sp³-hybridized carbons (Fsp3) is 0.455. The van der Waals surface area contributed by atoms with Gasteiger partial charge in [-0.2, -0.15) is 0 Å². The maximum Gasteiger partial charge on any atom is 0.00647 e. The van der Waals surface area contributed by atoms with Crippen LogP contribution in [-0.2, 0) is 0 Å². The van der Waals surface area contributed by atoms with Gasteiger partial charge in [-0.25, -0.2) is 0 Å². The van der Waals surface area contributed by atoms with E-state index in [0.717, 1.165) is 0 Å². The maximum absolute atomic E-state index is 2.26. The molecule has 0 heteroatoms. The minimum absolute atomic E-state index is 0.240.